The molecule has 4 heteroatoms. The topological polar surface area (TPSA) is 49.4 Å². The maximum Gasteiger partial charge on any atom is 0.317 e. The molecule has 18 heavy (non-hydrogen) atoms. The minimum absolute atomic E-state index is 0.0405. The Balaban J connectivity index is 1.83. The van der Waals surface area contributed by atoms with Crippen molar-refractivity contribution >= 4 is 11.8 Å². The molecule has 1 atom stereocenters. The molecule has 1 aromatic carbocycles. The molecule has 1 aliphatic rings. The Bertz CT molecular complexity index is 431. The lowest BCUT2D eigenvalue weighted by Gasteiger charge is -2.30. The van der Waals surface area contributed by atoms with Crippen molar-refractivity contribution < 1.29 is 9.59 Å². The molecule has 4 nitrogen and oxygen atoms in total. The molecule has 2 amide bonds. The van der Waals surface area contributed by atoms with Crippen LogP contribution in [0.5, 0.6) is 0 Å². The SMILES string of the molecule is CC1CN(C(=O)NCc2ccccc2)CCC1=O. The molecule has 0 saturated carbocycles. The Morgan fingerprint density at radius 1 is 1.39 bits per heavy atom. The van der Waals surface area contributed by atoms with Crippen LogP contribution in [0.3, 0.4) is 0 Å². The Morgan fingerprint density at radius 3 is 2.78 bits per heavy atom. The fraction of sp³-hybridized carbons (Fsp3) is 0.429. The number of amides is 2. The summed E-state index contributed by atoms with van der Waals surface area (Å²) in [6.45, 7) is 3.46. The largest absolute Gasteiger partial charge is 0.334 e. The van der Waals surface area contributed by atoms with Crippen molar-refractivity contribution in [1.29, 1.82) is 0 Å². The van der Waals surface area contributed by atoms with Gasteiger partial charge >= 0.3 is 6.03 Å². The number of likely N-dealkylation sites (tertiary alicyclic amines) is 1. The summed E-state index contributed by atoms with van der Waals surface area (Å²) in [5, 5.41) is 2.88. The molecular formula is C14H18N2O2. The van der Waals surface area contributed by atoms with E-state index >= 15 is 0 Å². The summed E-state index contributed by atoms with van der Waals surface area (Å²) >= 11 is 0. The zero-order chi connectivity index (χ0) is 13.0. The number of hydrogen-bond acceptors (Lipinski definition) is 2. The number of benzene rings is 1. The van der Waals surface area contributed by atoms with E-state index in [-0.39, 0.29) is 17.7 Å². The first-order valence-corrected chi connectivity index (χ1v) is 6.26. The number of piperidine rings is 1. The molecule has 1 saturated heterocycles. The third-order valence-corrected chi connectivity index (χ3v) is 3.25. The van der Waals surface area contributed by atoms with E-state index in [0.29, 0.717) is 26.1 Å². The first-order valence-electron chi connectivity index (χ1n) is 6.26. The second kappa shape index (κ2) is 5.67. The average Bonchev–Trinajstić information content (AvgIpc) is 2.40. The summed E-state index contributed by atoms with van der Waals surface area (Å²) in [6.07, 6.45) is 0.472. The Kier molecular flexibility index (Phi) is 3.97. The van der Waals surface area contributed by atoms with Gasteiger partial charge in [0.05, 0.1) is 0 Å². The monoisotopic (exact) mass is 246 g/mol. The lowest BCUT2D eigenvalue weighted by molar-refractivity contribution is -0.124. The quantitative estimate of drug-likeness (QED) is 0.865. The number of hydrogen-bond donors (Lipinski definition) is 1. The molecule has 2 rings (SSSR count). The molecule has 1 aromatic rings. The zero-order valence-electron chi connectivity index (χ0n) is 10.6. The molecule has 0 bridgehead atoms. The summed E-state index contributed by atoms with van der Waals surface area (Å²) in [5.74, 6) is 0.211. The van der Waals surface area contributed by atoms with Crippen molar-refractivity contribution in [3.05, 3.63) is 35.9 Å². The van der Waals surface area contributed by atoms with Gasteiger partial charge in [-0.15, -0.1) is 0 Å². The van der Waals surface area contributed by atoms with Gasteiger partial charge in [0.1, 0.15) is 5.78 Å². The van der Waals surface area contributed by atoms with Crippen LogP contribution < -0.4 is 5.32 Å². The molecule has 1 aliphatic heterocycles. The molecule has 1 fully saturated rings. The number of ketones is 1. The van der Waals surface area contributed by atoms with Crippen molar-refractivity contribution in [2.45, 2.75) is 19.9 Å². The minimum Gasteiger partial charge on any atom is -0.334 e. The van der Waals surface area contributed by atoms with Gasteiger partial charge < -0.3 is 10.2 Å². The Labute approximate surface area is 107 Å². The Hall–Kier alpha value is -1.84. The van der Waals surface area contributed by atoms with Gasteiger partial charge in [-0.3, -0.25) is 4.79 Å². The van der Waals surface area contributed by atoms with E-state index in [9.17, 15) is 9.59 Å². The van der Waals surface area contributed by atoms with E-state index in [1.807, 2.05) is 37.3 Å². The maximum atomic E-state index is 11.9. The summed E-state index contributed by atoms with van der Waals surface area (Å²) in [5.41, 5.74) is 1.08. The predicted molar refractivity (Wildman–Crippen MR) is 69.0 cm³/mol. The normalized spacial score (nSPS) is 19.7. The molecular weight excluding hydrogens is 228 g/mol. The van der Waals surface area contributed by atoms with Crippen molar-refractivity contribution in [1.82, 2.24) is 10.2 Å². The maximum absolute atomic E-state index is 11.9. The van der Waals surface area contributed by atoms with Crippen LogP contribution >= 0.6 is 0 Å². The highest BCUT2D eigenvalue weighted by Gasteiger charge is 2.26. The lowest BCUT2D eigenvalue weighted by Crippen LogP contribution is -2.47. The van der Waals surface area contributed by atoms with Gasteiger partial charge in [-0.05, 0) is 5.56 Å². The first kappa shape index (κ1) is 12.6. The fourth-order valence-electron chi connectivity index (χ4n) is 2.09. The van der Waals surface area contributed by atoms with E-state index in [0.717, 1.165) is 5.56 Å². The van der Waals surface area contributed by atoms with E-state index < -0.39 is 0 Å². The number of urea groups is 1. The van der Waals surface area contributed by atoms with Gasteiger partial charge in [-0.25, -0.2) is 4.79 Å². The van der Waals surface area contributed by atoms with Gasteiger partial charge in [0.25, 0.3) is 0 Å². The van der Waals surface area contributed by atoms with Crippen LogP contribution in [-0.4, -0.2) is 29.8 Å². The van der Waals surface area contributed by atoms with Crippen LogP contribution in [0.15, 0.2) is 30.3 Å². The van der Waals surface area contributed by atoms with Crippen molar-refractivity contribution in [2.24, 2.45) is 5.92 Å². The summed E-state index contributed by atoms with van der Waals surface area (Å²) in [7, 11) is 0. The number of Topliss-reactive ketones (excluding diaryl/α,β-unsaturated/α-hetero) is 1. The lowest BCUT2D eigenvalue weighted by atomic mass is 9.99. The van der Waals surface area contributed by atoms with Gasteiger partial charge in [0.2, 0.25) is 0 Å². The molecule has 0 spiro atoms. The second-order valence-corrected chi connectivity index (χ2v) is 4.71. The highest BCUT2D eigenvalue weighted by molar-refractivity contribution is 5.84. The van der Waals surface area contributed by atoms with E-state index in [1.54, 1.807) is 4.90 Å². The molecule has 1 heterocycles. The number of carbonyl (C=O) groups is 2. The van der Waals surface area contributed by atoms with Gasteiger partial charge in [-0.2, -0.15) is 0 Å². The van der Waals surface area contributed by atoms with Crippen molar-refractivity contribution in [2.75, 3.05) is 13.1 Å². The molecule has 1 unspecified atom stereocenters. The molecule has 0 aliphatic carbocycles. The van der Waals surface area contributed by atoms with Crippen LogP contribution in [0.1, 0.15) is 18.9 Å². The van der Waals surface area contributed by atoms with Gasteiger partial charge in [0.15, 0.2) is 0 Å². The smallest absolute Gasteiger partial charge is 0.317 e. The van der Waals surface area contributed by atoms with Crippen molar-refractivity contribution in [3.63, 3.8) is 0 Å². The fourth-order valence-corrected chi connectivity index (χ4v) is 2.09. The second-order valence-electron chi connectivity index (χ2n) is 4.71. The number of nitrogens with one attached hydrogen (secondary N) is 1. The summed E-state index contributed by atoms with van der Waals surface area (Å²) in [4.78, 5) is 25.0. The van der Waals surface area contributed by atoms with Crippen LogP contribution in [0.2, 0.25) is 0 Å². The molecule has 96 valence electrons. The number of rotatable bonds is 2. The standard InChI is InChI=1S/C14H18N2O2/c1-11-10-16(8-7-13(11)17)14(18)15-9-12-5-3-2-4-6-12/h2-6,11H,7-10H2,1H3,(H,15,18). The Morgan fingerprint density at radius 2 is 2.11 bits per heavy atom. The van der Waals surface area contributed by atoms with Crippen molar-refractivity contribution in [3.8, 4) is 0 Å². The number of carbonyl (C=O) groups excluding carboxylic acids is 2. The molecule has 0 radical (unpaired) electrons. The molecule has 0 aromatic heterocycles. The van der Waals surface area contributed by atoms with E-state index in [2.05, 4.69) is 5.32 Å². The van der Waals surface area contributed by atoms with Crippen LogP contribution in [0, 0.1) is 5.92 Å². The van der Waals surface area contributed by atoms with Crippen LogP contribution in [-0.2, 0) is 11.3 Å². The predicted octanol–water partition coefficient (Wildman–Crippen LogP) is 1.81. The van der Waals surface area contributed by atoms with Crippen LogP contribution in [0.25, 0.3) is 0 Å². The molecule has 1 N–H and O–H groups in total. The minimum atomic E-state index is -0.0850. The summed E-state index contributed by atoms with van der Waals surface area (Å²) in [6, 6.07) is 9.71. The van der Waals surface area contributed by atoms with E-state index in [4.69, 9.17) is 0 Å². The van der Waals surface area contributed by atoms with Gasteiger partial charge in [-0.1, -0.05) is 37.3 Å². The summed E-state index contributed by atoms with van der Waals surface area (Å²) < 4.78 is 0. The third kappa shape index (κ3) is 3.09. The highest BCUT2D eigenvalue weighted by atomic mass is 16.2. The van der Waals surface area contributed by atoms with Crippen LogP contribution in [0.4, 0.5) is 4.79 Å². The first-order chi connectivity index (χ1) is 8.66. The average molecular weight is 246 g/mol. The third-order valence-electron chi connectivity index (χ3n) is 3.25. The van der Waals surface area contributed by atoms with Gasteiger partial charge in [0, 0.05) is 32.0 Å². The number of nitrogens with zero attached hydrogens (tertiary/aromatic N) is 1. The zero-order valence-corrected chi connectivity index (χ0v) is 10.6. The van der Waals surface area contributed by atoms with E-state index in [1.165, 1.54) is 0 Å². The highest BCUT2D eigenvalue weighted by Crippen LogP contribution is 2.12.